The molecule has 4 aromatic carbocycles. The molecule has 192 valence electrons. The molecular formula is C37H23N3S. The van der Waals surface area contributed by atoms with Crippen molar-refractivity contribution in [1.82, 2.24) is 15.0 Å². The SMILES string of the molecule is c1cncc(-c2cc(-c3ccc(-c4sc5ccccc5c5nc6ccccc6c4-5)cc3)cc(-c3cccnc3)c2)c1. The van der Waals surface area contributed by atoms with E-state index in [1.54, 1.807) is 0 Å². The summed E-state index contributed by atoms with van der Waals surface area (Å²) < 4.78 is 1.24. The average Bonchev–Trinajstić information content (AvgIpc) is 3.45. The second-order valence-corrected chi connectivity index (χ2v) is 11.2. The topological polar surface area (TPSA) is 38.7 Å². The summed E-state index contributed by atoms with van der Waals surface area (Å²) in [5, 5.41) is 2.41. The summed E-state index contributed by atoms with van der Waals surface area (Å²) in [6.45, 7) is 0. The number of hydrogen-bond acceptors (Lipinski definition) is 4. The molecule has 0 radical (unpaired) electrons. The highest BCUT2D eigenvalue weighted by atomic mass is 32.1. The van der Waals surface area contributed by atoms with E-state index in [1.165, 1.54) is 31.5 Å². The first kappa shape index (κ1) is 23.7. The van der Waals surface area contributed by atoms with Crippen LogP contribution in [0.4, 0.5) is 0 Å². The van der Waals surface area contributed by atoms with Crippen LogP contribution in [0.1, 0.15) is 0 Å². The van der Waals surface area contributed by atoms with Crippen LogP contribution in [0.25, 0.3) is 76.1 Å². The fourth-order valence-electron chi connectivity index (χ4n) is 5.64. The summed E-state index contributed by atoms with van der Waals surface area (Å²) in [6.07, 6.45) is 7.45. The molecule has 0 N–H and O–H groups in total. The molecular weight excluding hydrogens is 518 g/mol. The second-order valence-electron chi connectivity index (χ2n) is 10.1. The number of aromatic nitrogens is 3. The van der Waals surface area contributed by atoms with Gasteiger partial charge in [0, 0.05) is 61.8 Å². The second kappa shape index (κ2) is 9.77. The summed E-state index contributed by atoms with van der Waals surface area (Å²) in [4.78, 5) is 15.0. The molecule has 0 fully saturated rings. The van der Waals surface area contributed by atoms with E-state index in [9.17, 15) is 0 Å². The van der Waals surface area contributed by atoms with Crippen molar-refractivity contribution in [2.24, 2.45) is 0 Å². The molecule has 2 aliphatic heterocycles. The lowest BCUT2D eigenvalue weighted by atomic mass is 9.93. The zero-order valence-corrected chi connectivity index (χ0v) is 22.8. The Labute approximate surface area is 241 Å². The van der Waals surface area contributed by atoms with Gasteiger partial charge in [-0.15, -0.1) is 11.3 Å². The number of rotatable bonds is 4. The Kier molecular flexibility index (Phi) is 5.64. The quantitative estimate of drug-likeness (QED) is 0.222. The van der Waals surface area contributed by atoms with Crippen molar-refractivity contribution in [3.63, 3.8) is 0 Å². The predicted octanol–water partition coefficient (Wildman–Crippen LogP) is 10.0. The number of para-hydroxylation sites is 1. The Balaban J connectivity index is 1.28. The third-order valence-electron chi connectivity index (χ3n) is 7.63. The minimum atomic E-state index is 1.04. The van der Waals surface area contributed by atoms with Gasteiger partial charge in [0.25, 0.3) is 0 Å². The predicted molar refractivity (Wildman–Crippen MR) is 171 cm³/mol. The van der Waals surface area contributed by atoms with Gasteiger partial charge in [0.1, 0.15) is 0 Å². The first-order chi connectivity index (χ1) is 20.3. The van der Waals surface area contributed by atoms with E-state index < -0.39 is 0 Å². The summed E-state index contributed by atoms with van der Waals surface area (Å²) in [6, 6.07) is 40.9. The van der Waals surface area contributed by atoms with Gasteiger partial charge in [-0.1, -0.05) is 72.8 Å². The molecule has 2 aliphatic rings. The van der Waals surface area contributed by atoms with Crippen molar-refractivity contribution < 1.29 is 0 Å². The van der Waals surface area contributed by atoms with E-state index in [-0.39, 0.29) is 0 Å². The van der Waals surface area contributed by atoms with Crippen LogP contribution in [-0.4, -0.2) is 15.0 Å². The highest BCUT2D eigenvalue weighted by Gasteiger charge is 2.21. The van der Waals surface area contributed by atoms with Crippen LogP contribution in [-0.2, 0) is 0 Å². The smallest absolute Gasteiger partial charge is 0.0817 e. The lowest BCUT2D eigenvalue weighted by molar-refractivity contribution is 1.32. The van der Waals surface area contributed by atoms with E-state index >= 15 is 0 Å². The van der Waals surface area contributed by atoms with E-state index in [0.717, 1.165) is 44.6 Å². The van der Waals surface area contributed by atoms with Gasteiger partial charge in [-0.3, -0.25) is 9.97 Å². The zero-order chi connectivity index (χ0) is 27.2. The van der Waals surface area contributed by atoms with Gasteiger partial charge < -0.3 is 0 Å². The van der Waals surface area contributed by atoms with Crippen molar-refractivity contribution >= 4 is 32.3 Å². The molecule has 8 rings (SSSR count). The van der Waals surface area contributed by atoms with Gasteiger partial charge in [-0.05, 0) is 70.3 Å². The number of benzene rings is 4. The third kappa shape index (κ3) is 4.17. The minimum absolute atomic E-state index is 1.04. The van der Waals surface area contributed by atoms with E-state index in [4.69, 9.17) is 4.98 Å². The molecule has 0 amide bonds. The van der Waals surface area contributed by atoms with Gasteiger partial charge in [0.05, 0.1) is 11.2 Å². The van der Waals surface area contributed by atoms with Crippen LogP contribution < -0.4 is 0 Å². The van der Waals surface area contributed by atoms with Crippen LogP contribution in [0, 0.1) is 0 Å². The first-order valence-electron chi connectivity index (χ1n) is 13.6. The Hall–Kier alpha value is -5.19. The largest absolute Gasteiger partial charge is 0.264 e. The van der Waals surface area contributed by atoms with E-state index in [2.05, 4.69) is 113 Å². The highest BCUT2D eigenvalue weighted by Crippen LogP contribution is 2.47. The average molecular weight is 542 g/mol. The number of fused-ring (bicyclic) bond motifs is 5. The normalized spacial score (nSPS) is 11.4. The Morgan fingerprint density at radius 2 is 1.05 bits per heavy atom. The third-order valence-corrected chi connectivity index (χ3v) is 8.85. The Morgan fingerprint density at radius 3 is 1.71 bits per heavy atom. The van der Waals surface area contributed by atoms with Crippen LogP contribution in [0.2, 0.25) is 0 Å². The van der Waals surface area contributed by atoms with Gasteiger partial charge >= 0.3 is 0 Å². The van der Waals surface area contributed by atoms with Crippen LogP contribution >= 0.6 is 11.3 Å². The number of hydrogen-bond donors (Lipinski definition) is 0. The van der Waals surface area contributed by atoms with Crippen molar-refractivity contribution in [3.8, 4) is 55.1 Å². The maximum Gasteiger partial charge on any atom is 0.0817 e. The summed E-state index contributed by atoms with van der Waals surface area (Å²) in [5.41, 5.74) is 11.3. The molecule has 3 nitrogen and oxygen atoms in total. The van der Waals surface area contributed by atoms with Gasteiger partial charge in [-0.2, -0.15) is 0 Å². The van der Waals surface area contributed by atoms with E-state index in [0.29, 0.717) is 0 Å². The van der Waals surface area contributed by atoms with Crippen molar-refractivity contribution in [2.45, 2.75) is 0 Å². The summed E-state index contributed by atoms with van der Waals surface area (Å²) in [7, 11) is 0. The van der Waals surface area contributed by atoms with Crippen LogP contribution in [0.5, 0.6) is 0 Å². The van der Waals surface area contributed by atoms with Crippen molar-refractivity contribution in [2.75, 3.05) is 0 Å². The molecule has 4 heteroatoms. The van der Waals surface area contributed by atoms with Crippen LogP contribution in [0.15, 0.2) is 140 Å². The van der Waals surface area contributed by atoms with Gasteiger partial charge in [0.15, 0.2) is 0 Å². The zero-order valence-electron chi connectivity index (χ0n) is 22.0. The minimum Gasteiger partial charge on any atom is -0.264 e. The summed E-state index contributed by atoms with van der Waals surface area (Å²) >= 11 is 1.84. The van der Waals surface area contributed by atoms with E-state index in [1.807, 2.05) is 48.3 Å². The maximum atomic E-state index is 5.07. The fraction of sp³-hybridized carbons (Fsp3) is 0. The van der Waals surface area contributed by atoms with Crippen molar-refractivity contribution in [1.29, 1.82) is 0 Å². The molecule has 0 atom stereocenters. The molecule has 0 unspecified atom stereocenters. The molecule has 4 heterocycles. The Morgan fingerprint density at radius 1 is 0.463 bits per heavy atom. The standard InChI is InChI=1S/C37H23N3S/c1-3-11-33-31(9-1)35-36(40-33)32-10-2-4-12-34(32)41-37(35)25-15-13-24(14-16-25)28-19-29(26-7-5-17-38-22-26)21-30(20-28)27-8-6-18-39-23-27/h1-23H. The van der Waals surface area contributed by atoms with Crippen molar-refractivity contribution in [3.05, 3.63) is 140 Å². The molecule has 2 aromatic heterocycles. The molecule has 0 aliphatic carbocycles. The molecule has 0 saturated carbocycles. The summed E-state index contributed by atoms with van der Waals surface area (Å²) in [5.74, 6) is 0. The lowest BCUT2D eigenvalue weighted by Gasteiger charge is -2.13. The fourth-order valence-corrected chi connectivity index (χ4v) is 6.84. The molecule has 0 saturated heterocycles. The first-order valence-corrected chi connectivity index (χ1v) is 14.4. The number of pyridine rings is 2. The maximum absolute atomic E-state index is 5.07. The molecule has 41 heavy (non-hydrogen) atoms. The van der Waals surface area contributed by atoms with Gasteiger partial charge in [-0.25, -0.2) is 4.98 Å². The Bertz CT molecular complexity index is 2070. The number of nitrogens with zero attached hydrogens (tertiary/aromatic N) is 3. The molecule has 6 aromatic rings. The van der Waals surface area contributed by atoms with Gasteiger partial charge in [0.2, 0.25) is 0 Å². The molecule has 0 bridgehead atoms. The molecule has 0 spiro atoms. The lowest BCUT2D eigenvalue weighted by Crippen LogP contribution is -1.88. The highest BCUT2D eigenvalue weighted by molar-refractivity contribution is 7.22. The monoisotopic (exact) mass is 541 g/mol. The van der Waals surface area contributed by atoms with Crippen LogP contribution in [0.3, 0.4) is 0 Å².